The normalized spacial score (nSPS) is 11.4. The highest BCUT2D eigenvalue weighted by atomic mass is 35.5. The van der Waals surface area contributed by atoms with Gasteiger partial charge in [-0.25, -0.2) is 9.97 Å². The van der Waals surface area contributed by atoms with Crippen molar-refractivity contribution in [3.05, 3.63) is 46.7 Å². The molecule has 0 aliphatic rings. The molecule has 1 aromatic heterocycles. The van der Waals surface area contributed by atoms with Crippen LogP contribution in [-0.2, 0) is 6.18 Å². The van der Waals surface area contributed by atoms with Crippen molar-refractivity contribution in [2.45, 2.75) is 13.1 Å². The number of para-hydroxylation sites is 1. The molecule has 2 rings (SSSR count). The van der Waals surface area contributed by atoms with E-state index in [-0.39, 0.29) is 5.95 Å². The van der Waals surface area contributed by atoms with Gasteiger partial charge < -0.3 is 5.32 Å². The minimum atomic E-state index is -4.56. The molecule has 0 spiro atoms. The van der Waals surface area contributed by atoms with Gasteiger partial charge in [0.2, 0.25) is 5.95 Å². The summed E-state index contributed by atoms with van der Waals surface area (Å²) in [4.78, 5) is 7.21. The molecule has 1 heterocycles. The number of hydrogen-bond acceptors (Lipinski definition) is 3. The molecule has 0 radical (unpaired) electrons. The summed E-state index contributed by atoms with van der Waals surface area (Å²) >= 11 is 5.51. The molecule has 100 valence electrons. The fourth-order valence-corrected chi connectivity index (χ4v) is 1.68. The summed E-state index contributed by atoms with van der Waals surface area (Å²) < 4.78 is 37.5. The van der Waals surface area contributed by atoms with E-state index in [0.29, 0.717) is 11.9 Å². The van der Waals surface area contributed by atoms with E-state index >= 15 is 0 Å². The summed E-state index contributed by atoms with van der Waals surface area (Å²) in [5.41, 5.74) is 0.574. The Bertz CT molecular complexity index is 599. The Labute approximate surface area is 112 Å². The van der Waals surface area contributed by atoms with Gasteiger partial charge in [-0.2, -0.15) is 13.2 Å². The van der Waals surface area contributed by atoms with E-state index in [9.17, 15) is 13.2 Å². The predicted molar refractivity (Wildman–Crippen MR) is 66.5 cm³/mol. The first-order chi connectivity index (χ1) is 8.88. The first kappa shape index (κ1) is 13.6. The maximum absolute atomic E-state index is 12.5. The molecule has 0 amide bonds. The molecular weight excluding hydrogens is 279 g/mol. The van der Waals surface area contributed by atoms with Crippen molar-refractivity contribution in [3.63, 3.8) is 0 Å². The maximum Gasteiger partial charge on any atom is 0.420 e. The van der Waals surface area contributed by atoms with Crippen LogP contribution in [0, 0.1) is 6.92 Å². The quantitative estimate of drug-likeness (QED) is 0.841. The van der Waals surface area contributed by atoms with Crippen molar-refractivity contribution < 1.29 is 13.2 Å². The molecule has 0 saturated heterocycles. The number of benzene rings is 1. The fraction of sp³-hybridized carbons (Fsp3) is 0.167. The molecule has 0 fully saturated rings. The third kappa shape index (κ3) is 3.14. The van der Waals surface area contributed by atoms with Crippen LogP contribution in [0.5, 0.6) is 0 Å². The number of alkyl halides is 3. The van der Waals surface area contributed by atoms with Crippen molar-refractivity contribution in [1.29, 1.82) is 0 Å². The van der Waals surface area contributed by atoms with Gasteiger partial charge in [-0.1, -0.05) is 29.8 Å². The van der Waals surface area contributed by atoms with Crippen molar-refractivity contribution >= 4 is 23.2 Å². The van der Waals surface area contributed by atoms with Gasteiger partial charge >= 0.3 is 6.18 Å². The monoisotopic (exact) mass is 287 g/mol. The zero-order chi connectivity index (χ0) is 14.0. The fourth-order valence-electron chi connectivity index (χ4n) is 1.45. The predicted octanol–water partition coefficient (Wildman–Crippen LogP) is 4.20. The van der Waals surface area contributed by atoms with E-state index in [4.69, 9.17) is 11.6 Å². The van der Waals surface area contributed by atoms with E-state index in [1.54, 1.807) is 12.1 Å². The van der Waals surface area contributed by atoms with Gasteiger partial charge in [-0.05, 0) is 18.6 Å². The highest BCUT2D eigenvalue weighted by Crippen LogP contribution is 2.33. The van der Waals surface area contributed by atoms with Crippen LogP contribution >= 0.6 is 11.6 Å². The second-order valence-corrected chi connectivity index (χ2v) is 4.19. The second kappa shape index (κ2) is 5.05. The largest absolute Gasteiger partial charge is 0.420 e. The number of halogens is 4. The molecule has 3 nitrogen and oxygen atoms in total. The van der Waals surface area contributed by atoms with E-state index in [0.717, 1.165) is 5.56 Å². The SMILES string of the molecule is Cc1ccccc1Nc1ncc(C(F)(F)F)c(Cl)n1. The number of rotatable bonds is 2. The van der Waals surface area contributed by atoms with Crippen LogP contribution in [0.2, 0.25) is 5.15 Å². The number of anilines is 2. The molecule has 7 heteroatoms. The highest BCUT2D eigenvalue weighted by molar-refractivity contribution is 6.30. The van der Waals surface area contributed by atoms with E-state index in [1.165, 1.54) is 0 Å². The zero-order valence-corrected chi connectivity index (χ0v) is 10.5. The van der Waals surface area contributed by atoms with Gasteiger partial charge in [0.05, 0.1) is 0 Å². The van der Waals surface area contributed by atoms with Crippen LogP contribution in [0.3, 0.4) is 0 Å². The zero-order valence-electron chi connectivity index (χ0n) is 9.79. The first-order valence-electron chi connectivity index (χ1n) is 5.30. The summed E-state index contributed by atoms with van der Waals surface area (Å²) in [6.07, 6.45) is -3.89. The summed E-state index contributed by atoms with van der Waals surface area (Å²) in [6.45, 7) is 1.86. The molecule has 0 aliphatic carbocycles. The second-order valence-electron chi connectivity index (χ2n) is 3.84. The lowest BCUT2D eigenvalue weighted by atomic mass is 10.2. The summed E-state index contributed by atoms with van der Waals surface area (Å²) in [6, 6.07) is 7.26. The van der Waals surface area contributed by atoms with Gasteiger partial charge in [0.25, 0.3) is 0 Å². The van der Waals surface area contributed by atoms with Crippen LogP contribution < -0.4 is 5.32 Å². The van der Waals surface area contributed by atoms with Crippen molar-refractivity contribution in [2.24, 2.45) is 0 Å². The average molecular weight is 288 g/mol. The lowest BCUT2D eigenvalue weighted by Crippen LogP contribution is -2.09. The molecule has 1 N–H and O–H groups in total. The van der Waals surface area contributed by atoms with Gasteiger partial charge in [0.1, 0.15) is 10.7 Å². The molecule has 19 heavy (non-hydrogen) atoms. The number of nitrogens with zero attached hydrogens (tertiary/aromatic N) is 2. The smallest absolute Gasteiger partial charge is 0.324 e. The van der Waals surface area contributed by atoms with Crippen LogP contribution in [-0.4, -0.2) is 9.97 Å². The number of hydrogen-bond donors (Lipinski definition) is 1. The molecule has 0 atom stereocenters. The first-order valence-corrected chi connectivity index (χ1v) is 5.68. The van der Waals surface area contributed by atoms with E-state index in [1.807, 2.05) is 19.1 Å². The van der Waals surface area contributed by atoms with Crippen molar-refractivity contribution in [3.8, 4) is 0 Å². The van der Waals surface area contributed by atoms with E-state index < -0.39 is 16.9 Å². The van der Waals surface area contributed by atoms with Gasteiger partial charge in [0, 0.05) is 11.9 Å². The van der Waals surface area contributed by atoms with E-state index in [2.05, 4.69) is 15.3 Å². The van der Waals surface area contributed by atoms with Gasteiger partial charge in [-0.15, -0.1) is 0 Å². The molecular formula is C12H9ClF3N3. The van der Waals surface area contributed by atoms with Crippen molar-refractivity contribution in [1.82, 2.24) is 9.97 Å². The van der Waals surface area contributed by atoms with Crippen LogP contribution in [0.1, 0.15) is 11.1 Å². The van der Waals surface area contributed by atoms with Gasteiger partial charge in [-0.3, -0.25) is 0 Å². The number of nitrogens with one attached hydrogen (secondary N) is 1. The Hall–Kier alpha value is -1.82. The van der Waals surface area contributed by atoms with Gasteiger partial charge in [0.15, 0.2) is 0 Å². The summed E-state index contributed by atoms with van der Waals surface area (Å²) in [5, 5.41) is 2.19. The van der Waals surface area contributed by atoms with Crippen molar-refractivity contribution in [2.75, 3.05) is 5.32 Å². The standard InChI is InChI=1S/C12H9ClF3N3/c1-7-4-2-3-5-9(7)18-11-17-6-8(10(13)19-11)12(14,15)16/h2-6H,1H3,(H,17,18,19). The molecule has 2 aromatic rings. The van der Waals surface area contributed by atoms with Crippen LogP contribution in [0.4, 0.5) is 24.8 Å². The summed E-state index contributed by atoms with van der Waals surface area (Å²) in [7, 11) is 0. The Morgan fingerprint density at radius 1 is 1.21 bits per heavy atom. The molecule has 0 saturated carbocycles. The van der Waals surface area contributed by atoms with Crippen LogP contribution in [0.25, 0.3) is 0 Å². The Morgan fingerprint density at radius 3 is 2.47 bits per heavy atom. The lowest BCUT2D eigenvalue weighted by molar-refractivity contribution is -0.137. The summed E-state index contributed by atoms with van der Waals surface area (Å²) in [5.74, 6) is 0.0206. The minimum absolute atomic E-state index is 0.0206. The third-order valence-corrected chi connectivity index (χ3v) is 2.73. The maximum atomic E-state index is 12.5. The number of aryl methyl sites for hydroxylation is 1. The minimum Gasteiger partial charge on any atom is -0.324 e. The highest BCUT2D eigenvalue weighted by Gasteiger charge is 2.34. The Balaban J connectivity index is 2.29. The van der Waals surface area contributed by atoms with Crippen LogP contribution in [0.15, 0.2) is 30.5 Å². The molecule has 1 aromatic carbocycles. The number of aromatic nitrogens is 2. The topological polar surface area (TPSA) is 37.8 Å². The third-order valence-electron chi connectivity index (χ3n) is 2.44. The molecule has 0 unspecified atom stereocenters. The Morgan fingerprint density at radius 2 is 1.89 bits per heavy atom. The molecule has 0 bridgehead atoms. The Kier molecular flexibility index (Phi) is 3.61. The molecule has 0 aliphatic heterocycles. The average Bonchev–Trinajstić information content (AvgIpc) is 2.30. The lowest BCUT2D eigenvalue weighted by Gasteiger charge is -2.10.